The SMILES string of the molecule is O=C(O)C(=O)OB(O)O.[Cu]. The van der Waals surface area contributed by atoms with Gasteiger partial charge >= 0.3 is 19.3 Å². The minimum Gasteiger partial charge on any atom is -0.476 e. The molecular weight excluding hydrogens is 194 g/mol. The van der Waals surface area contributed by atoms with E-state index < -0.39 is 19.3 Å². The van der Waals surface area contributed by atoms with Crippen molar-refractivity contribution in [1.82, 2.24) is 0 Å². The molecule has 0 aromatic rings. The molecule has 10 heavy (non-hydrogen) atoms. The molecule has 0 spiro atoms. The van der Waals surface area contributed by atoms with Crippen molar-refractivity contribution in [1.29, 1.82) is 0 Å². The molecule has 0 bridgehead atoms. The second-order valence-corrected chi connectivity index (χ2v) is 1.04. The van der Waals surface area contributed by atoms with Crippen molar-refractivity contribution >= 4 is 19.3 Å². The summed E-state index contributed by atoms with van der Waals surface area (Å²) in [5.41, 5.74) is 0. The molecule has 0 atom stereocenters. The van der Waals surface area contributed by atoms with Crippen LogP contribution in [-0.2, 0) is 31.3 Å². The molecular formula is C2H3BCuO6. The molecule has 0 amide bonds. The molecule has 0 aliphatic rings. The van der Waals surface area contributed by atoms with E-state index in [9.17, 15) is 9.59 Å². The molecule has 0 fully saturated rings. The molecule has 0 saturated carbocycles. The molecule has 3 N–H and O–H groups in total. The zero-order valence-corrected chi connectivity index (χ0v) is 5.39. The molecule has 0 aliphatic heterocycles. The van der Waals surface area contributed by atoms with Crippen LogP contribution in [0.15, 0.2) is 0 Å². The van der Waals surface area contributed by atoms with Crippen molar-refractivity contribution in [3.05, 3.63) is 0 Å². The Morgan fingerprint density at radius 2 is 1.70 bits per heavy atom. The van der Waals surface area contributed by atoms with Gasteiger partial charge in [0.25, 0.3) is 0 Å². The van der Waals surface area contributed by atoms with Crippen molar-refractivity contribution in [2.45, 2.75) is 0 Å². The normalized spacial score (nSPS) is 7.40. The molecule has 0 aliphatic carbocycles. The zero-order chi connectivity index (χ0) is 7.44. The Hall–Kier alpha value is -0.556. The van der Waals surface area contributed by atoms with Gasteiger partial charge < -0.3 is 19.8 Å². The fraction of sp³-hybridized carbons (Fsp3) is 0. The maximum absolute atomic E-state index is 9.81. The largest absolute Gasteiger partial charge is 0.709 e. The van der Waals surface area contributed by atoms with Crippen LogP contribution in [0.25, 0.3) is 0 Å². The van der Waals surface area contributed by atoms with Gasteiger partial charge in [-0.1, -0.05) is 0 Å². The molecule has 0 heterocycles. The first-order chi connectivity index (χ1) is 4.04. The van der Waals surface area contributed by atoms with Crippen LogP contribution in [-0.4, -0.2) is 34.4 Å². The van der Waals surface area contributed by atoms with E-state index in [4.69, 9.17) is 15.2 Å². The third-order valence-electron chi connectivity index (χ3n) is 0.387. The second kappa shape index (κ2) is 5.25. The van der Waals surface area contributed by atoms with E-state index in [2.05, 4.69) is 4.65 Å². The van der Waals surface area contributed by atoms with Crippen LogP contribution in [0.1, 0.15) is 0 Å². The van der Waals surface area contributed by atoms with Crippen molar-refractivity contribution in [2.24, 2.45) is 0 Å². The monoisotopic (exact) mass is 197 g/mol. The van der Waals surface area contributed by atoms with Crippen LogP contribution < -0.4 is 0 Å². The first-order valence-electron chi connectivity index (χ1n) is 1.84. The Kier molecular flexibility index (Phi) is 6.38. The molecule has 61 valence electrons. The Balaban J connectivity index is 0. The predicted octanol–water partition coefficient (Wildman–Crippen LogP) is -2.42. The minimum absolute atomic E-state index is 0. The van der Waals surface area contributed by atoms with Crippen LogP contribution in [0.4, 0.5) is 0 Å². The Labute approximate surface area is 66.4 Å². The summed E-state index contributed by atoms with van der Waals surface area (Å²) in [6.45, 7) is 0. The van der Waals surface area contributed by atoms with Crippen molar-refractivity contribution in [2.75, 3.05) is 0 Å². The molecule has 0 unspecified atom stereocenters. The van der Waals surface area contributed by atoms with Crippen molar-refractivity contribution in [3.8, 4) is 0 Å². The fourth-order valence-corrected chi connectivity index (χ4v) is 0.146. The summed E-state index contributed by atoms with van der Waals surface area (Å²) in [6.07, 6.45) is 0. The number of carboxylic acid groups (broad SMARTS) is 1. The smallest absolute Gasteiger partial charge is 0.476 e. The standard InChI is InChI=1S/C2H3BO6.Cu/c4-1(5)2(6)9-3(7)8;/h7-8H,(H,4,5);. The van der Waals surface area contributed by atoms with Gasteiger partial charge in [0.2, 0.25) is 0 Å². The first-order valence-corrected chi connectivity index (χ1v) is 1.84. The van der Waals surface area contributed by atoms with E-state index in [1.165, 1.54) is 0 Å². The summed E-state index contributed by atoms with van der Waals surface area (Å²) < 4.78 is 3.38. The van der Waals surface area contributed by atoms with Gasteiger partial charge in [0.15, 0.2) is 0 Å². The van der Waals surface area contributed by atoms with Crippen LogP contribution in [0.2, 0.25) is 0 Å². The summed E-state index contributed by atoms with van der Waals surface area (Å²) in [6, 6.07) is 0. The van der Waals surface area contributed by atoms with E-state index in [0.717, 1.165) is 0 Å². The average Bonchev–Trinajstić information content (AvgIpc) is 1.63. The average molecular weight is 197 g/mol. The number of hydrogen-bond acceptors (Lipinski definition) is 5. The van der Waals surface area contributed by atoms with Crippen molar-refractivity contribution in [3.63, 3.8) is 0 Å². The van der Waals surface area contributed by atoms with E-state index in [0.29, 0.717) is 0 Å². The molecule has 6 nitrogen and oxygen atoms in total. The topological polar surface area (TPSA) is 104 Å². The van der Waals surface area contributed by atoms with Gasteiger partial charge in [0.1, 0.15) is 0 Å². The quantitative estimate of drug-likeness (QED) is 0.319. The molecule has 0 saturated heterocycles. The summed E-state index contributed by atoms with van der Waals surface area (Å²) in [5, 5.41) is 23.4. The minimum atomic E-state index is -2.37. The molecule has 0 rings (SSSR count). The summed E-state index contributed by atoms with van der Waals surface area (Å²) in [5.74, 6) is -3.58. The van der Waals surface area contributed by atoms with E-state index in [-0.39, 0.29) is 17.1 Å². The summed E-state index contributed by atoms with van der Waals surface area (Å²) >= 11 is 0. The van der Waals surface area contributed by atoms with Gasteiger partial charge in [-0.15, -0.1) is 0 Å². The van der Waals surface area contributed by atoms with Gasteiger partial charge in [0.05, 0.1) is 0 Å². The van der Waals surface area contributed by atoms with E-state index >= 15 is 0 Å². The summed E-state index contributed by atoms with van der Waals surface area (Å²) in [4.78, 5) is 19.3. The predicted molar refractivity (Wildman–Crippen MR) is 23.9 cm³/mol. The third-order valence-corrected chi connectivity index (χ3v) is 0.387. The van der Waals surface area contributed by atoms with Gasteiger partial charge in [-0.25, -0.2) is 9.59 Å². The zero-order valence-electron chi connectivity index (χ0n) is 4.45. The maximum Gasteiger partial charge on any atom is 0.709 e. The summed E-state index contributed by atoms with van der Waals surface area (Å²) in [7, 11) is -2.37. The Morgan fingerprint density at radius 1 is 1.30 bits per heavy atom. The Bertz CT molecular complexity index is 134. The fourth-order valence-electron chi connectivity index (χ4n) is 0.146. The molecule has 8 heteroatoms. The van der Waals surface area contributed by atoms with Gasteiger partial charge in [-0.05, 0) is 0 Å². The Morgan fingerprint density at radius 3 is 1.80 bits per heavy atom. The van der Waals surface area contributed by atoms with Crippen LogP contribution in [0.5, 0.6) is 0 Å². The van der Waals surface area contributed by atoms with Gasteiger partial charge in [-0.3, -0.25) is 0 Å². The number of aliphatic carboxylic acids is 1. The number of carboxylic acids is 1. The number of rotatable bonds is 1. The maximum atomic E-state index is 9.81. The van der Waals surface area contributed by atoms with Crippen LogP contribution in [0.3, 0.4) is 0 Å². The van der Waals surface area contributed by atoms with E-state index in [1.54, 1.807) is 0 Å². The number of hydrogen-bond donors (Lipinski definition) is 3. The number of carbonyl (C=O) groups excluding carboxylic acids is 1. The van der Waals surface area contributed by atoms with Gasteiger partial charge in [0, 0.05) is 17.1 Å². The third kappa shape index (κ3) is 5.58. The van der Waals surface area contributed by atoms with Crippen LogP contribution in [0, 0.1) is 0 Å². The van der Waals surface area contributed by atoms with E-state index in [1.807, 2.05) is 0 Å². The van der Waals surface area contributed by atoms with Gasteiger partial charge in [-0.2, -0.15) is 0 Å². The second-order valence-electron chi connectivity index (χ2n) is 1.04. The first kappa shape index (κ1) is 12.2. The van der Waals surface area contributed by atoms with Crippen LogP contribution >= 0.6 is 0 Å². The molecule has 0 aromatic heterocycles. The molecule has 0 aromatic carbocycles. The molecule has 1 radical (unpaired) electrons. The number of carbonyl (C=O) groups is 2. The van der Waals surface area contributed by atoms with Crippen molar-refractivity contribution < 1.29 is 46.5 Å².